The molecule has 0 aliphatic carbocycles. The highest BCUT2D eigenvalue weighted by atomic mass is 35.5. The van der Waals surface area contributed by atoms with E-state index in [9.17, 15) is 4.39 Å². The van der Waals surface area contributed by atoms with Gasteiger partial charge < -0.3 is 10.6 Å². The van der Waals surface area contributed by atoms with E-state index in [2.05, 4.69) is 38.4 Å². The Bertz CT molecular complexity index is 924. The molecule has 1 fully saturated rings. The highest BCUT2D eigenvalue weighted by Crippen LogP contribution is 2.30. The van der Waals surface area contributed by atoms with Crippen LogP contribution in [0, 0.1) is 5.82 Å². The van der Waals surface area contributed by atoms with Crippen LogP contribution in [-0.4, -0.2) is 38.1 Å². The highest BCUT2D eigenvalue weighted by molar-refractivity contribution is 7.78. The Kier molecular flexibility index (Phi) is 4.49. The van der Waals surface area contributed by atoms with Gasteiger partial charge in [-0.3, -0.25) is 3.97 Å². The molecule has 0 spiro atoms. The number of nitrogens with one attached hydrogen (secondary N) is 2. The molecular formula is C16H16ClFN6S. The van der Waals surface area contributed by atoms with Gasteiger partial charge in [-0.15, -0.1) is 0 Å². The topological polar surface area (TPSA) is 67.7 Å². The van der Waals surface area contributed by atoms with Gasteiger partial charge in [0.1, 0.15) is 0 Å². The van der Waals surface area contributed by atoms with E-state index in [1.165, 1.54) is 6.20 Å². The first-order valence-electron chi connectivity index (χ1n) is 7.98. The van der Waals surface area contributed by atoms with Crippen LogP contribution in [0.5, 0.6) is 0 Å². The summed E-state index contributed by atoms with van der Waals surface area (Å²) in [5.74, 6) is 0.128. The first kappa shape index (κ1) is 16.6. The molecule has 2 N–H and O–H groups in total. The van der Waals surface area contributed by atoms with Crippen molar-refractivity contribution in [2.45, 2.75) is 18.9 Å². The first-order valence-corrected chi connectivity index (χ1v) is 8.75. The van der Waals surface area contributed by atoms with Crippen molar-refractivity contribution in [2.75, 3.05) is 18.4 Å². The molecule has 0 bridgehead atoms. The van der Waals surface area contributed by atoms with Crippen molar-refractivity contribution in [2.24, 2.45) is 0 Å². The van der Waals surface area contributed by atoms with E-state index >= 15 is 0 Å². The monoisotopic (exact) mass is 378 g/mol. The number of thiol groups is 1. The Balaban J connectivity index is 1.73. The molecule has 1 unspecified atom stereocenters. The second-order valence-corrected chi connectivity index (χ2v) is 6.86. The summed E-state index contributed by atoms with van der Waals surface area (Å²) < 4.78 is 15.7. The van der Waals surface area contributed by atoms with Gasteiger partial charge in [-0.05, 0) is 25.5 Å². The van der Waals surface area contributed by atoms with Gasteiger partial charge in [0.25, 0.3) is 0 Å². The Morgan fingerprint density at radius 2 is 2.24 bits per heavy atom. The predicted octanol–water partition coefficient (Wildman–Crippen LogP) is 3.14. The van der Waals surface area contributed by atoms with Crippen LogP contribution in [0.2, 0.25) is 5.02 Å². The van der Waals surface area contributed by atoms with Gasteiger partial charge in [-0.2, -0.15) is 0 Å². The lowest BCUT2D eigenvalue weighted by molar-refractivity contribution is 0.476. The molecule has 1 aliphatic rings. The molecule has 4 heterocycles. The summed E-state index contributed by atoms with van der Waals surface area (Å²) in [6.07, 6.45) is 6.50. The molecule has 0 saturated carbocycles. The number of hydrogen-bond acceptors (Lipinski definition) is 6. The van der Waals surface area contributed by atoms with Gasteiger partial charge in [-0.25, -0.2) is 19.3 Å². The van der Waals surface area contributed by atoms with E-state index in [0.717, 1.165) is 31.3 Å². The summed E-state index contributed by atoms with van der Waals surface area (Å²) >= 11 is 10.4. The van der Waals surface area contributed by atoms with Crippen LogP contribution in [0.4, 0.5) is 10.2 Å². The molecule has 3 aromatic heterocycles. The Morgan fingerprint density at radius 3 is 3.04 bits per heavy atom. The molecule has 1 atom stereocenters. The van der Waals surface area contributed by atoms with E-state index in [1.807, 2.05) is 0 Å². The number of aromatic nitrogens is 4. The van der Waals surface area contributed by atoms with Crippen molar-refractivity contribution < 1.29 is 4.39 Å². The zero-order chi connectivity index (χ0) is 17.4. The van der Waals surface area contributed by atoms with Crippen molar-refractivity contribution in [3.63, 3.8) is 0 Å². The van der Waals surface area contributed by atoms with E-state index < -0.39 is 5.82 Å². The van der Waals surface area contributed by atoms with Crippen molar-refractivity contribution in [3.05, 3.63) is 35.5 Å². The smallest absolute Gasteiger partial charge is 0.183 e. The zero-order valence-electron chi connectivity index (χ0n) is 13.2. The fourth-order valence-electron chi connectivity index (χ4n) is 3.01. The maximum atomic E-state index is 14.2. The van der Waals surface area contributed by atoms with E-state index in [0.29, 0.717) is 22.1 Å². The molecule has 0 aromatic carbocycles. The number of pyridine rings is 1. The lowest BCUT2D eigenvalue weighted by Gasteiger charge is -2.24. The standard InChI is InChI=1S/C16H16ClFN6S/c17-9-4-11-12(8-24(25)16(11)21-5-9)14-20-7-13(18)15(23-14)22-10-2-1-3-19-6-10/h4-5,7-8,10,19,25H,1-3,6H2,(H,20,22,23). The van der Waals surface area contributed by atoms with Crippen LogP contribution in [-0.2, 0) is 0 Å². The highest BCUT2D eigenvalue weighted by Gasteiger charge is 2.18. The maximum absolute atomic E-state index is 14.2. The number of nitrogens with zero attached hydrogens (tertiary/aromatic N) is 4. The van der Waals surface area contributed by atoms with Crippen LogP contribution in [0.15, 0.2) is 24.7 Å². The number of halogens is 2. The third kappa shape index (κ3) is 3.29. The molecular weight excluding hydrogens is 363 g/mol. The largest absolute Gasteiger partial charge is 0.364 e. The third-order valence-electron chi connectivity index (χ3n) is 4.21. The minimum absolute atomic E-state index is 0.147. The van der Waals surface area contributed by atoms with Crippen molar-refractivity contribution in [1.82, 2.24) is 24.2 Å². The quantitative estimate of drug-likeness (QED) is 0.611. The van der Waals surface area contributed by atoms with Crippen LogP contribution >= 0.6 is 24.4 Å². The van der Waals surface area contributed by atoms with Crippen molar-refractivity contribution in [1.29, 1.82) is 0 Å². The lowest BCUT2D eigenvalue weighted by Crippen LogP contribution is -2.38. The summed E-state index contributed by atoms with van der Waals surface area (Å²) in [4.78, 5) is 12.8. The predicted molar refractivity (Wildman–Crippen MR) is 99.6 cm³/mol. The molecule has 3 aromatic rings. The van der Waals surface area contributed by atoms with E-state index in [-0.39, 0.29) is 11.9 Å². The molecule has 0 amide bonds. The number of piperidine rings is 1. The molecule has 1 saturated heterocycles. The first-order chi connectivity index (χ1) is 12.1. The minimum atomic E-state index is -0.472. The fraction of sp³-hybridized carbons (Fsp3) is 0.312. The number of anilines is 1. The van der Waals surface area contributed by atoms with Gasteiger partial charge in [0.2, 0.25) is 0 Å². The SMILES string of the molecule is Fc1cnc(-c2cn(S)c3ncc(Cl)cc23)nc1NC1CCCNC1. The molecule has 25 heavy (non-hydrogen) atoms. The fourth-order valence-corrected chi connectivity index (χ4v) is 3.44. The second kappa shape index (κ2) is 6.78. The minimum Gasteiger partial charge on any atom is -0.364 e. The second-order valence-electron chi connectivity index (χ2n) is 5.99. The van der Waals surface area contributed by atoms with Crippen LogP contribution in [0.1, 0.15) is 12.8 Å². The lowest BCUT2D eigenvalue weighted by atomic mass is 10.1. The van der Waals surface area contributed by atoms with Gasteiger partial charge in [0.05, 0.1) is 11.2 Å². The summed E-state index contributed by atoms with van der Waals surface area (Å²) in [6.45, 7) is 1.78. The van der Waals surface area contributed by atoms with Gasteiger partial charge in [0, 0.05) is 35.9 Å². The van der Waals surface area contributed by atoms with Crippen molar-refractivity contribution >= 4 is 41.3 Å². The number of hydrogen-bond donors (Lipinski definition) is 3. The maximum Gasteiger partial charge on any atom is 0.183 e. The van der Waals surface area contributed by atoms with Gasteiger partial charge >= 0.3 is 0 Å². The van der Waals surface area contributed by atoms with Crippen LogP contribution < -0.4 is 10.6 Å². The average molecular weight is 379 g/mol. The van der Waals surface area contributed by atoms with Crippen molar-refractivity contribution in [3.8, 4) is 11.4 Å². The normalized spacial score (nSPS) is 17.8. The van der Waals surface area contributed by atoms with E-state index in [4.69, 9.17) is 11.6 Å². The van der Waals surface area contributed by atoms with Gasteiger partial charge in [-0.1, -0.05) is 24.4 Å². The Hall–Kier alpha value is -1.90. The van der Waals surface area contributed by atoms with Crippen LogP contribution in [0.25, 0.3) is 22.4 Å². The number of fused-ring (bicyclic) bond motifs is 1. The van der Waals surface area contributed by atoms with E-state index in [1.54, 1.807) is 22.4 Å². The summed E-state index contributed by atoms with van der Waals surface area (Å²) in [5.41, 5.74) is 1.34. The molecule has 130 valence electrons. The summed E-state index contributed by atoms with van der Waals surface area (Å²) in [6, 6.07) is 1.92. The summed E-state index contributed by atoms with van der Waals surface area (Å²) in [7, 11) is 0. The third-order valence-corrected chi connectivity index (χ3v) is 4.73. The van der Waals surface area contributed by atoms with Crippen LogP contribution in [0.3, 0.4) is 0 Å². The van der Waals surface area contributed by atoms with Gasteiger partial charge in [0.15, 0.2) is 23.1 Å². The zero-order valence-corrected chi connectivity index (χ0v) is 14.9. The summed E-state index contributed by atoms with van der Waals surface area (Å²) in [5, 5.41) is 7.72. The Morgan fingerprint density at radius 1 is 1.36 bits per heavy atom. The molecule has 1 aliphatic heterocycles. The number of rotatable bonds is 3. The average Bonchev–Trinajstić information content (AvgIpc) is 2.94. The molecule has 4 rings (SSSR count). The Labute approximate surface area is 154 Å². The molecule has 0 radical (unpaired) electrons. The molecule has 9 heteroatoms. The molecule has 6 nitrogen and oxygen atoms in total.